The van der Waals surface area contributed by atoms with Crippen molar-refractivity contribution >= 4 is 11.6 Å². The summed E-state index contributed by atoms with van der Waals surface area (Å²) in [7, 11) is 2.88. The second-order valence-corrected chi connectivity index (χ2v) is 5.64. The van der Waals surface area contributed by atoms with E-state index in [2.05, 4.69) is 5.43 Å². The Hall–Kier alpha value is -3.28. The highest BCUT2D eigenvalue weighted by molar-refractivity contribution is 5.98. The van der Waals surface area contributed by atoms with E-state index in [0.717, 1.165) is 18.2 Å². The Morgan fingerprint density at radius 2 is 1.71 bits per heavy atom. The predicted octanol–water partition coefficient (Wildman–Crippen LogP) is 3.89. The molecular formula is C16H12F5N3O4. The normalized spacial score (nSPS) is 11.4. The third kappa shape index (κ3) is 4.71. The van der Waals surface area contributed by atoms with E-state index in [1.165, 1.54) is 19.1 Å². The Balaban J connectivity index is 2.45. The lowest BCUT2D eigenvalue weighted by atomic mass is 10.1. The van der Waals surface area contributed by atoms with Gasteiger partial charge in [-0.3, -0.25) is 20.3 Å². The van der Waals surface area contributed by atoms with Gasteiger partial charge in [0.2, 0.25) is 0 Å². The maximum atomic E-state index is 13.9. The lowest BCUT2D eigenvalue weighted by Gasteiger charge is -2.14. The van der Waals surface area contributed by atoms with Gasteiger partial charge in [-0.15, -0.1) is 0 Å². The van der Waals surface area contributed by atoms with Crippen molar-refractivity contribution in [2.75, 3.05) is 14.1 Å². The Bertz CT molecular complexity index is 908. The molecule has 0 fully saturated rings. The highest BCUT2D eigenvalue weighted by Crippen LogP contribution is 2.36. The topological polar surface area (TPSA) is 84.7 Å². The average molecular weight is 405 g/mol. The Morgan fingerprint density at radius 3 is 2.18 bits per heavy atom. The van der Waals surface area contributed by atoms with Gasteiger partial charge in [-0.1, -0.05) is 0 Å². The maximum Gasteiger partial charge on any atom is 0.416 e. The smallest absolute Gasteiger partial charge is 0.416 e. The molecule has 0 aromatic heterocycles. The zero-order valence-corrected chi connectivity index (χ0v) is 14.3. The fourth-order valence-corrected chi connectivity index (χ4v) is 2.12. The van der Waals surface area contributed by atoms with Crippen LogP contribution < -0.4 is 10.2 Å². The van der Waals surface area contributed by atoms with Gasteiger partial charge in [0, 0.05) is 26.2 Å². The molecule has 0 aliphatic rings. The number of carbonyl (C=O) groups excluding carboxylic acids is 1. The molecule has 0 heterocycles. The van der Waals surface area contributed by atoms with Crippen LogP contribution in [0.3, 0.4) is 0 Å². The molecule has 0 aliphatic heterocycles. The number of nitrogens with zero attached hydrogens (tertiary/aromatic N) is 2. The molecule has 0 saturated carbocycles. The first-order valence-corrected chi connectivity index (χ1v) is 7.41. The number of benzene rings is 2. The van der Waals surface area contributed by atoms with Crippen molar-refractivity contribution in [1.29, 1.82) is 0 Å². The first-order chi connectivity index (χ1) is 12.9. The largest absolute Gasteiger partial charge is 0.451 e. The van der Waals surface area contributed by atoms with E-state index in [0.29, 0.717) is 0 Å². The molecule has 1 N–H and O–H groups in total. The molecule has 2 rings (SSSR count). The van der Waals surface area contributed by atoms with Crippen molar-refractivity contribution in [3.63, 3.8) is 0 Å². The highest BCUT2D eigenvalue weighted by atomic mass is 19.4. The van der Waals surface area contributed by atoms with E-state index in [1.54, 1.807) is 0 Å². The van der Waals surface area contributed by atoms with Crippen molar-refractivity contribution in [1.82, 2.24) is 10.4 Å². The van der Waals surface area contributed by atoms with Gasteiger partial charge in [0.1, 0.15) is 11.3 Å². The molecule has 0 atom stereocenters. The summed E-state index contributed by atoms with van der Waals surface area (Å²) in [6, 6.07) is 2.74. The van der Waals surface area contributed by atoms with Crippen molar-refractivity contribution in [2.24, 2.45) is 0 Å². The number of nitrogens with one attached hydrogen (secondary N) is 1. The minimum Gasteiger partial charge on any atom is -0.451 e. The molecule has 0 spiro atoms. The summed E-state index contributed by atoms with van der Waals surface area (Å²) >= 11 is 0. The molecule has 0 bridgehead atoms. The third-order valence-corrected chi connectivity index (χ3v) is 3.28. The van der Waals surface area contributed by atoms with Crippen LogP contribution in [0.5, 0.6) is 11.5 Å². The van der Waals surface area contributed by atoms with Crippen molar-refractivity contribution in [3.8, 4) is 11.5 Å². The number of alkyl halides is 3. The summed E-state index contributed by atoms with van der Waals surface area (Å²) in [4.78, 5) is 22.3. The Morgan fingerprint density at radius 1 is 1.14 bits per heavy atom. The van der Waals surface area contributed by atoms with Gasteiger partial charge < -0.3 is 4.74 Å². The lowest BCUT2D eigenvalue weighted by molar-refractivity contribution is -0.385. The fourth-order valence-electron chi connectivity index (χ4n) is 2.12. The van der Waals surface area contributed by atoms with Gasteiger partial charge in [0.05, 0.1) is 10.5 Å². The molecular weight excluding hydrogens is 393 g/mol. The van der Waals surface area contributed by atoms with Crippen LogP contribution in [-0.4, -0.2) is 29.9 Å². The van der Waals surface area contributed by atoms with Gasteiger partial charge in [0.25, 0.3) is 11.6 Å². The summed E-state index contributed by atoms with van der Waals surface area (Å²) in [6.45, 7) is 0. The monoisotopic (exact) mass is 405 g/mol. The van der Waals surface area contributed by atoms with E-state index >= 15 is 0 Å². The number of carbonyl (C=O) groups is 1. The van der Waals surface area contributed by atoms with Crippen molar-refractivity contribution < 1.29 is 36.4 Å². The molecule has 7 nitrogen and oxygen atoms in total. The van der Waals surface area contributed by atoms with E-state index < -0.39 is 57.0 Å². The van der Waals surface area contributed by atoms with Crippen LogP contribution in [0.1, 0.15) is 15.9 Å². The number of amides is 1. The van der Waals surface area contributed by atoms with Gasteiger partial charge in [-0.05, 0) is 18.2 Å². The summed E-state index contributed by atoms with van der Waals surface area (Å²) in [6.07, 6.45) is -4.97. The number of hydrazine groups is 1. The van der Waals surface area contributed by atoms with Crippen LogP contribution in [-0.2, 0) is 6.18 Å². The summed E-state index contributed by atoms with van der Waals surface area (Å²) in [5.41, 5.74) is -0.391. The van der Waals surface area contributed by atoms with Crippen molar-refractivity contribution in [2.45, 2.75) is 6.18 Å². The van der Waals surface area contributed by atoms with Gasteiger partial charge >= 0.3 is 6.18 Å². The SMILES string of the molecule is CN(C)NC(=O)c1cc(Oc2c(F)cc(C(F)(F)F)cc2F)ccc1[N+](=O)[O-]. The van der Waals surface area contributed by atoms with E-state index in [-0.39, 0.29) is 12.1 Å². The maximum absolute atomic E-state index is 13.9. The first-order valence-electron chi connectivity index (χ1n) is 7.41. The van der Waals surface area contributed by atoms with Crippen LogP contribution in [0.15, 0.2) is 30.3 Å². The van der Waals surface area contributed by atoms with Crippen LogP contribution in [0.25, 0.3) is 0 Å². The van der Waals surface area contributed by atoms with E-state index in [9.17, 15) is 36.9 Å². The molecule has 0 aliphatic carbocycles. The lowest BCUT2D eigenvalue weighted by Crippen LogP contribution is -2.36. The molecule has 1 amide bonds. The summed E-state index contributed by atoms with van der Waals surface area (Å²) in [5, 5.41) is 12.3. The molecule has 2 aromatic rings. The number of halogens is 5. The number of ether oxygens (including phenoxy) is 1. The second kappa shape index (κ2) is 7.76. The summed E-state index contributed by atoms with van der Waals surface area (Å²) < 4.78 is 70.5. The van der Waals surface area contributed by atoms with E-state index in [4.69, 9.17) is 4.74 Å². The van der Waals surface area contributed by atoms with Crippen molar-refractivity contribution in [3.05, 3.63) is 63.2 Å². The average Bonchev–Trinajstić information content (AvgIpc) is 2.56. The standard InChI is InChI=1S/C16H12F5N3O4/c1-23(2)22-15(25)10-7-9(3-4-13(10)24(26)27)28-14-11(17)5-8(6-12(14)18)16(19,20)21/h3-7H,1-2H3,(H,22,25). The minimum absolute atomic E-state index is 0.0451. The molecule has 150 valence electrons. The number of nitro benzene ring substituents is 1. The van der Waals surface area contributed by atoms with Crippen LogP contribution >= 0.6 is 0 Å². The number of hydrogen-bond donors (Lipinski definition) is 1. The number of rotatable bonds is 5. The third-order valence-electron chi connectivity index (χ3n) is 3.28. The van der Waals surface area contributed by atoms with Gasteiger partial charge in [-0.25, -0.2) is 13.8 Å². The molecule has 0 radical (unpaired) electrons. The Kier molecular flexibility index (Phi) is 5.83. The molecule has 0 saturated heterocycles. The molecule has 2 aromatic carbocycles. The molecule has 12 heteroatoms. The predicted molar refractivity (Wildman–Crippen MR) is 85.7 cm³/mol. The zero-order chi connectivity index (χ0) is 21.2. The Labute approximate surface area is 154 Å². The quantitative estimate of drug-likeness (QED) is 0.464. The van der Waals surface area contributed by atoms with Crippen LogP contribution in [0.2, 0.25) is 0 Å². The van der Waals surface area contributed by atoms with Crippen LogP contribution in [0.4, 0.5) is 27.6 Å². The van der Waals surface area contributed by atoms with Crippen LogP contribution in [0, 0.1) is 21.7 Å². The van der Waals surface area contributed by atoms with Gasteiger partial charge in [0.15, 0.2) is 17.4 Å². The zero-order valence-electron chi connectivity index (χ0n) is 14.3. The van der Waals surface area contributed by atoms with Gasteiger partial charge in [-0.2, -0.15) is 13.2 Å². The fraction of sp³-hybridized carbons (Fsp3) is 0.188. The highest BCUT2D eigenvalue weighted by Gasteiger charge is 2.33. The number of nitro groups is 1. The molecule has 0 unspecified atom stereocenters. The number of hydrogen-bond acceptors (Lipinski definition) is 5. The molecule has 28 heavy (non-hydrogen) atoms. The minimum atomic E-state index is -4.97. The second-order valence-electron chi connectivity index (χ2n) is 5.64. The first kappa shape index (κ1) is 21.0. The summed E-state index contributed by atoms with van der Waals surface area (Å²) in [5.74, 6) is -5.72. The van der Waals surface area contributed by atoms with E-state index in [1.807, 2.05) is 0 Å².